The second-order valence-corrected chi connectivity index (χ2v) is 9.03. The normalized spacial score (nSPS) is 12.5. The molecule has 8 nitrogen and oxygen atoms in total. The number of nitrogens with zero attached hydrogens (tertiary/aromatic N) is 5. The fourth-order valence-electron chi connectivity index (χ4n) is 4.51. The third-order valence-corrected chi connectivity index (χ3v) is 6.63. The number of aromatic amines is 1. The molecule has 2 aromatic carbocycles. The summed E-state index contributed by atoms with van der Waals surface area (Å²) in [6, 6.07) is 16.6. The predicted octanol–water partition coefficient (Wildman–Crippen LogP) is 3.97. The molecule has 0 unspecified atom stereocenters. The minimum absolute atomic E-state index is 0.0413. The topological polar surface area (TPSA) is 88.9 Å². The molecule has 8 heteroatoms. The summed E-state index contributed by atoms with van der Waals surface area (Å²) >= 11 is 0. The van der Waals surface area contributed by atoms with Crippen LogP contribution in [-0.2, 0) is 24.2 Å². The first-order valence-electron chi connectivity index (χ1n) is 12.2. The molecule has 0 spiro atoms. The van der Waals surface area contributed by atoms with E-state index in [1.165, 1.54) is 16.7 Å². The number of aromatic nitrogens is 5. The van der Waals surface area contributed by atoms with Crippen molar-refractivity contribution in [1.82, 2.24) is 30.1 Å². The standard InChI is InChI=1S/C27H34N6O2/c1-5-25(26-29-30-31-33(26)13-14-35-4)32(12-11-21-9-7-6-8-10-21)18-23-17-22-15-19(2)20(3)16-24(22)28-27(23)34/h6-10,15-17,25H,5,11-14,18H2,1-4H3,(H,28,34)/t25-/m1/s1. The van der Waals surface area contributed by atoms with Crippen molar-refractivity contribution in [2.75, 3.05) is 20.3 Å². The van der Waals surface area contributed by atoms with Gasteiger partial charge >= 0.3 is 0 Å². The Morgan fingerprint density at radius 2 is 1.89 bits per heavy atom. The monoisotopic (exact) mass is 474 g/mol. The van der Waals surface area contributed by atoms with Gasteiger partial charge in [0.1, 0.15) is 0 Å². The number of fused-ring (bicyclic) bond motifs is 1. The number of H-pyrrole nitrogens is 1. The maximum Gasteiger partial charge on any atom is 0.252 e. The van der Waals surface area contributed by atoms with Crippen molar-refractivity contribution in [3.8, 4) is 0 Å². The van der Waals surface area contributed by atoms with Crippen molar-refractivity contribution in [3.63, 3.8) is 0 Å². The summed E-state index contributed by atoms with van der Waals surface area (Å²) in [6.45, 7) is 8.67. The third-order valence-electron chi connectivity index (χ3n) is 6.63. The molecule has 1 atom stereocenters. The van der Waals surface area contributed by atoms with Gasteiger partial charge < -0.3 is 9.72 Å². The molecule has 35 heavy (non-hydrogen) atoms. The fraction of sp³-hybridized carbons (Fsp3) is 0.407. The summed E-state index contributed by atoms with van der Waals surface area (Å²) in [5.74, 6) is 0.793. The van der Waals surface area contributed by atoms with Crippen LogP contribution in [0.25, 0.3) is 10.9 Å². The molecule has 0 amide bonds. The lowest BCUT2D eigenvalue weighted by Gasteiger charge is -2.30. The summed E-state index contributed by atoms with van der Waals surface area (Å²) in [4.78, 5) is 18.5. The van der Waals surface area contributed by atoms with Crippen LogP contribution in [0.1, 0.15) is 47.5 Å². The summed E-state index contributed by atoms with van der Waals surface area (Å²) < 4.78 is 7.05. The van der Waals surface area contributed by atoms with Gasteiger partial charge in [0.2, 0.25) is 0 Å². The number of hydrogen-bond donors (Lipinski definition) is 1. The Morgan fingerprint density at radius 3 is 2.63 bits per heavy atom. The van der Waals surface area contributed by atoms with E-state index in [1.807, 2.05) is 22.9 Å². The number of benzene rings is 2. The molecule has 0 saturated carbocycles. The zero-order chi connectivity index (χ0) is 24.8. The summed E-state index contributed by atoms with van der Waals surface area (Å²) in [5, 5.41) is 13.5. The van der Waals surface area contributed by atoms with Crippen molar-refractivity contribution >= 4 is 10.9 Å². The van der Waals surface area contributed by atoms with E-state index < -0.39 is 0 Å². The Balaban J connectivity index is 1.68. The lowest BCUT2D eigenvalue weighted by atomic mass is 10.0. The van der Waals surface area contributed by atoms with Crippen molar-refractivity contribution in [1.29, 1.82) is 0 Å². The first-order valence-corrected chi connectivity index (χ1v) is 12.2. The van der Waals surface area contributed by atoms with Crippen LogP contribution in [0, 0.1) is 13.8 Å². The van der Waals surface area contributed by atoms with Crippen LogP contribution in [0.4, 0.5) is 0 Å². The van der Waals surface area contributed by atoms with E-state index in [4.69, 9.17) is 4.74 Å². The Bertz CT molecular complexity index is 1310. The molecule has 0 aliphatic rings. The van der Waals surface area contributed by atoms with Crippen molar-refractivity contribution < 1.29 is 4.74 Å². The van der Waals surface area contributed by atoms with Gasteiger partial charge in [0.25, 0.3) is 5.56 Å². The van der Waals surface area contributed by atoms with Crippen LogP contribution >= 0.6 is 0 Å². The highest BCUT2D eigenvalue weighted by Crippen LogP contribution is 2.25. The summed E-state index contributed by atoms with van der Waals surface area (Å²) in [6.07, 6.45) is 1.67. The molecular weight excluding hydrogens is 440 g/mol. The van der Waals surface area contributed by atoms with E-state index in [0.717, 1.165) is 41.7 Å². The molecule has 0 fully saturated rings. The molecule has 2 heterocycles. The number of rotatable bonds is 11. The van der Waals surface area contributed by atoms with E-state index in [2.05, 4.69) is 76.5 Å². The van der Waals surface area contributed by atoms with Crippen LogP contribution in [0.5, 0.6) is 0 Å². The largest absolute Gasteiger partial charge is 0.383 e. The Kier molecular flexibility index (Phi) is 8.05. The molecule has 184 valence electrons. The maximum absolute atomic E-state index is 13.1. The fourth-order valence-corrected chi connectivity index (χ4v) is 4.51. The van der Waals surface area contributed by atoms with Gasteiger partial charge in [-0.1, -0.05) is 37.3 Å². The first kappa shape index (κ1) is 24.8. The molecule has 0 radical (unpaired) electrons. The van der Waals surface area contributed by atoms with Gasteiger partial charge in [-0.2, -0.15) is 0 Å². The molecule has 0 saturated heterocycles. The van der Waals surface area contributed by atoms with Gasteiger partial charge in [-0.05, 0) is 77.4 Å². The number of tetrazole rings is 1. The van der Waals surface area contributed by atoms with Gasteiger partial charge in [0, 0.05) is 31.3 Å². The number of nitrogens with one attached hydrogen (secondary N) is 1. The van der Waals surface area contributed by atoms with Crippen LogP contribution < -0.4 is 5.56 Å². The highest BCUT2D eigenvalue weighted by Gasteiger charge is 2.25. The quantitative estimate of drug-likeness (QED) is 0.354. The number of hydrogen-bond acceptors (Lipinski definition) is 6. The smallest absolute Gasteiger partial charge is 0.252 e. The van der Waals surface area contributed by atoms with Crippen LogP contribution in [-0.4, -0.2) is 50.4 Å². The molecule has 1 N–H and O–H groups in total. The van der Waals surface area contributed by atoms with Crippen LogP contribution in [0.15, 0.2) is 53.3 Å². The molecule has 4 aromatic rings. The van der Waals surface area contributed by atoms with E-state index in [9.17, 15) is 4.79 Å². The van der Waals surface area contributed by atoms with E-state index in [0.29, 0.717) is 19.7 Å². The lowest BCUT2D eigenvalue weighted by molar-refractivity contribution is 0.158. The lowest BCUT2D eigenvalue weighted by Crippen LogP contribution is -2.34. The van der Waals surface area contributed by atoms with E-state index in [1.54, 1.807) is 7.11 Å². The van der Waals surface area contributed by atoms with Crippen LogP contribution in [0.3, 0.4) is 0 Å². The zero-order valence-electron chi connectivity index (χ0n) is 21.0. The second kappa shape index (κ2) is 11.4. The summed E-state index contributed by atoms with van der Waals surface area (Å²) in [7, 11) is 1.67. The molecular formula is C27H34N6O2. The minimum Gasteiger partial charge on any atom is -0.383 e. The molecule has 4 rings (SSSR count). The zero-order valence-corrected chi connectivity index (χ0v) is 21.0. The second-order valence-electron chi connectivity index (χ2n) is 9.03. The number of aryl methyl sites for hydroxylation is 2. The molecule has 2 aromatic heterocycles. The number of pyridine rings is 1. The average molecular weight is 475 g/mol. The highest BCUT2D eigenvalue weighted by atomic mass is 16.5. The van der Waals surface area contributed by atoms with E-state index in [-0.39, 0.29) is 11.6 Å². The Hall–Kier alpha value is -3.36. The third kappa shape index (κ3) is 5.83. The van der Waals surface area contributed by atoms with Gasteiger partial charge in [-0.25, -0.2) is 4.68 Å². The average Bonchev–Trinajstić information content (AvgIpc) is 3.32. The maximum atomic E-state index is 13.1. The van der Waals surface area contributed by atoms with Gasteiger partial charge in [0.15, 0.2) is 5.82 Å². The SMILES string of the molecule is CC[C@H](c1nnnn1CCOC)N(CCc1ccccc1)Cc1cc2cc(C)c(C)cc2[nH]c1=O. The Labute approximate surface area is 205 Å². The predicted molar refractivity (Wildman–Crippen MR) is 137 cm³/mol. The van der Waals surface area contributed by atoms with Gasteiger partial charge in [-0.3, -0.25) is 9.69 Å². The van der Waals surface area contributed by atoms with Gasteiger partial charge in [0.05, 0.1) is 19.2 Å². The minimum atomic E-state index is -0.0562. The van der Waals surface area contributed by atoms with Crippen molar-refractivity contribution in [2.24, 2.45) is 0 Å². The van der Waals surface area contributed by atoms with Crippen LogP contribution in [0.2, 0.25) is 0 Å². The number of ether oxygens (including phenoxy) is 1. The highest BCUT2D eigenvalue weighted by molar-refractivity contribution is 5.80. The molecule has 0 aliphatic carbocycles. The molecule has 0 bridgehead atoms. The van der Waals surface area contributed by atoms with E-state index >= 15 is 0 Å². The first-order chi connectivity index (χ1) is 17.0. The number of methoxy groups -OCH3 is 1. The van der Waals surface area contributed by atoms with Crippen molar-refractivity contribution in [2.45, 2.75) is 52.7 Å². The summed E-state index contributed by atoms with van der Waals surface area (Å²) in [5.41, 5.74) is 5.18. The molecule has 0 aliphatic heterocycles. The van der Waals surface area contributed by atoms with Gasteiger partial charge in [-0.15, -0.1) is 5.10 Å². The van der Waals surface area contributed by atoms with Crippen molar-refractivity contribution in [3.05, 3.63) is 87.0 Å². The Morgan fingerprint density at radius 1 is 1.11 bits per heavy atom.